The van der Waals surface area contributed by atoms with Gasteiger partial charge in [-0.25, -0.2) is 0 Å². The maximum Gasteiger partial charge on any atom is 0.251 e. The van der Waals surface area contributed by atoms with Crippen LogP contribution in [0.15, 0.2) is 12.1 Å². The second-order valence-corrected chi connectivity index (χ2v) is 5.56. The van der Waals surface area contributed by atoms with E-state index in [0.29, 0.717) is 35.3 Å². The number of rotatable bonds is 7. The minimum atomic E-state index is -0.142. The van der Waals surface area contributed by atoms with Crippen LogP contribution in [0.2, 0.25) is 0 Å². The van der Waals surface area contributed by atoms with E-state index < -0.39 is 0 Å². The average Bonchev–Trinajstić information content (AvgIpc) is 3.10. The van der Waals surface area contributed by atoms with E-state index in [1.165, 1.54) is 39.9 Å². The van der Waals surface area contributed by atoms with Gasteiger partial charge in [0.1, 0.15) is 6.61 Å². The predicted octanol–water partition coefficient (Wildman–Crippen LogP) is 2.64. The second kappa shape index (κ2) is 8.33. The van der Waals surface area contributed by atoms with E-state index in [1.54, 1.807) is 12.1 Å². The van der Waals surface area contributed by atoms with Gasteiger partial charge in [-0.3, -0.25) is 4.79 Å². The molecule has 5 heteroatoms. The van der Waals surface area contributed by atoms with E-state index in [-0.39, 0.29) is 12.5 Å². The molecule has 1 aromatic carbocycles. The molecule has 0 aliphatic heterocycles. The molecule has 124 valence electrons. The fourth-order valence-electron chi connectivity index (χ4n) is 2.82. The summed E-state index contributed by atoms with van der Waals surface area (Å²) in [5.74, 6) is 4.08. The maximum atomic E-state index is 12.4. The first-order valence-corrected chi connectivity index (χ1v) is 7.80. The fourth-order valence-corrected chi connectivity index (χ4v) is 2.82. The zero-order chi connectivity index (χ0) is 16.7. The smallest absolute Gasteiger partial charge is 0.251 e. The first-order chi connectivity index (χ1) is 11.2. The highest BCUT2D eigenvalue weighted by Crippen LogP contribution is 2.38. The standard InChI is InChI=1S/C18H23NO4/c1-4-9-23-17-15(21-2)10-14(11-16(17)22-3)18(20)19-12-13-7-5-6-8-13/h1,10-11,13H,5-9,12H2,2-3H3,(H,19,20). The van der Waals surface area contributed by atoms with Gasteiger partial charge < -0.3 is 19.5 Å². The molecule has 0 radical (unpaired) electrons. The number of hydrogen-bond acceptors (Lipinski definition) is 4. The highest BCUT2D eigenvalue weighted by Gasteiger charge is 2.19. The van der Waals surface area contributed by atoms with Gasteiger partial charge in [0.15, 0.2) is 11.5 Å². The number of hydrogen-bond donors (Lipinski definition) is 1. The van der Waals surface area contributed by atoms with Crippen LogP contribution in [0.4, 0.5) is 0 Å². The lowest BCUT2D eigenvalue weighted by molar-refractivity contribution is 0.0946. The lowest BCUT2D eigenvalue weighted by Gasteiger charge is -2.16. The lowest BCUT2D eigenvalue weighted by atomic mass is 10.1. The van der Waals surface area contributed by atoms with E-state index in [0.717, 1.165) is 0 Å². The molecule has 0 spiro atoms. The predicted molar refractivity (Wildman–Crippen MR) is 88.2 cm³/mol. The maximum absolute atomic E-state index is 12.4. The van der Waals surface area contributed by atoms with Gasteiger partial charge in [-0.15, -0.1) is 6.42 Å². The number of amides is 1. The van der Waals surface area contributed by atoms with Crippen molar-refractivity contribution in [2.45, 2.75) is 25.7 Å². The van der Waals surface area contributed by atoms with Crippen molar-refractivity contribution in [2.24, 2.45) is 5.92 Å². The Morgan fingerprint density at radius 2 is 1.87 bits per heavy atom. The van der Waals surface area contributed by atoms with Crippen LogP contribution in [0, 0.1) is 18.3 Å². The Bertz CT molecular complexity index is 560. The molecule has 23 heavy (non-hydrogen) atoms. The lowest BCUT2D eigenvalue weighted by Crippen LogP contribution is -2.28. The molecular weight excluding hydrogens is 294 g/mol. The SMILES string of the molecule is C#CCOc1c(OC)cc(C(=O)NCC2CCCC2)cc1OC. The summed E-state index contributed by atoms with van der Waals surface area (Å²) in [4.78, 5) is 12.4. The van der Waals surface area contributed by atoms with E-state index in [2.05, 4.69) is 11.2 Å². The molecule has 1 aromatic rings. The van der Waals surface area contributed by atoms with E-state index >= 15 is 0 Å². The van der Waals surface area contributed by atoms with Gasteiger partial charge in [0.05, 0.1) is 14.2 Å². The third-order valence-corrected chi connectivity index (χ3v) is 4.05. The van der Waals surface area contributed by atoms with Crippen molar-refractivity contribution in [1.29, 1.82) is 0 Å². The van der Waals surface area contributed by atoms with Gasteiger partial charge in [0.25, 0.3) is 5.91 Å². The third kappa shape index (κ3) is 4.32. The fraction of sp³-hybridized carbons (Fsp3) is 0.500. The zero-order valence-corrected chi connectivity index (χ0v) is 13.7. The summed E-state index contributed by atoms with van der Waals surface area (Å²) in [6.07, 6.45) is 10.1. The Balaban J connectivity index is 2.14. The monoisotopic (exact) mass is 317 g/mol. The van der Waals surface area contributed by atoms with Gasteiger partial charge in [0, 0.05) is 12.1 Å². The molecule has 1 saturated carbocycles. The Labute approximate surface area is 137 Å². The minimum Gasteiger partial charge on any atom is -0.493 e. The van der Waals surface area contributed by atoms with Crippen LogP contribution >= 0.6 is 0 Å². The summed E-state index contributed by atoms with van der Waals surface area (Å²) in [6.45, 7) is 0.804. The molecule has 1 aliphatic carbocycles. The van der Waals surface area contributed by atoms with Gasteiger partial charge >= 0.3 is 0 Å². The van der Waals surface area contributed by atoms with Crippen LogP contribution < -0.4 is 19.5 Å². The van der Waals surface area contributed by atoms with Gasteiger partial charge in [-0.1, -0.05) is 18.8 Å². The third-order valence-electron chi connectivity index (χ3n) is 4.05. The molecule has 0 heterocycles. The van der Waals surface area contributed by atoms with Crippen molar-refractivity contribution < 1.29 is 19.0 Å². The van der Waals surface area contributed by atoms with Crippen LogP contribution in [0.5, 0.6) is 17.2 Å². The number of methoxy groups -OCH3 is 2. The Morgan fingerprint density at radius 3 is 2.39 bits per heavy atom. The Morgan fingerprint density at radius 1 is 1.26 bits per heavy atom. The number of nitrogens with one attached hydrogen (secondary N) is 1. The molecule has 0 saturated heterocycles. The summed E-state index contributed by atoms with van der Waals surface area (Å²) in [7, 11) is 3.02. The quantitative estimate of drug-likeness (QED) is 0.786. The largest absolute Gasteiger partial charge is 0.493 e. The zero-order valence-electron chi connectivity index (χ0n) is 13.7. The molecule has 1 N–H and O–H groups in total. The molecule has 5 nitrogen and oxygen atoms in total. The number of benzene rings is 1. The highest BCUT2D eigenvalue weighted by atomic mass is 16.5. The molecule has 2 rings (SSSR count). The van der Waals surface area contributed by atoms with E-state index in [4.69, 9.17) is 20.6 Å². The van der Waals surface area contributed by atoms with Crippen molar-refractivity contribution in [3.05, 3.63) is 17.7 Å². The summed E-state index contributed by atoms with van der Waals surface area (Å²) in [5, 5.41) is 2.98. The molecule has 1 amide bonds. The molecule has 0 aromatic heterocycles. The minimum absolute atomic E-state index is 0.0972. The van der Waals surface area contributed by atoms with Crippen molar-refractivity contribution in [2.75, 3.05) is 27.4 Å². The number of carbonyl (C=O) groups is 1. The molecule has 1 fully saturated rings. The molecule has 0 atom stereocenters. The van der Waals surface area contributed by atoms with Crippen molar-refractivity contribution >= 4 is 5.91 Å². The second-order valence-electron chi connectivity index (χ2n) is 5.56. The summed E-state index contributed by atoms with van der Waals surface area (Å²) >= 11 is 0. The van der Waals surface area contributed by atoms with E-state index in [9.17, 15) is 4.79 Å². The van der Waals surface area contributed by atoms with Gasteiger partial charge in [0.2, 0.25) is 5.75 Å². The number of ether oxygens (including phenoxy) is 3. The Kier molecular flexibility index (Phi) is 6.16. The van der Waals surface area contributed by atoms with Gasteiger partial charge in [-0.2, -0.15) is 0 Å². The summed E-state index contributed by atoms with van der Waals surface area (Å²) in [6, 6.07) is 3.27. The van der Waals surface area contributed by atoms with Crippen molar-refractivity contribution in [1.82, 2.24) is 5.32 Å². The molecular formula is C18H23NO4. The average molecular weight is 317 g/mol. The number of carbonyl (C=O) groups excluding carboxylic acids is 1. The topological polar surface area (TPSA) is 56.8 Å². The van der Waals surface area contributed by atoms with Crippen LogP contribution in [0.25, 0.3) is 0 Å². The van der Waals surface area contributed by atoms with Gasteiger partial charge in [-0.05, 0) is 30.9 Å². The molecule has 1 aliphatic rings. The van der Waals surface area contributed by atoms with Crippen molar-refractivity contribution in [3.63, 3.8) is 0 Å². The number of terminal acetylenes is 1. The van der Waals surface area contributed by atoms with Crippen LogP contribution in [0.3, 0.4) is 0 Å². The van der Waals surface area contributed by atoms with Crippen molar-refractivity contribution in [3.8, 4) is 29.6 Å². The first kappa shape index (κ1) is 17.0. The normalized spacial score (nSPS) is 14.1. The van der Waals surface area contributed by atoms with Crippen LogP contribution in [-0.2, 0) is 0 Å². The molecule has 0 unspecified atom stereocenters. The summed E-state index contributed by atoms with van der Waals surface area (Å²) in [5.41, 5.74) is 0.477. The van der Waals surface area contributed by atoms with Crippen LogP contribution in [-0.4, -0.2) is 33.3 Å². The van der Waals surface area contributed by atoms with E-state index in [1.807, 2.05) is 0 Å². The first-order valence-electron chi connectivity index (χ1n) is 7.80. The summed E-state index contributed by atoms with van der Waals surface area (Å²) < 4.78 is 16.1. The highest BCUT2D eigenvalue weighted by molar-refractivity contribution is 5.95. The molecule has 0 bridgehead atoms. The van der Waals surface area contributed by atoms with Crippen LogP contribution in [0.1, 0.15) is 36.0 Å². The Hall–Kier alpha value is -2.35.